The molecule has 1 amide bonds. The van der Waals surface area contributed by atoms with Crippen LogP contribution in [0.5, 0.6) is 0 Å². The van der Waals surface area contributed by atoms with Crippen LogP contribution in [0.1, 0.15) is 27.2 Å². The average Bonchev–Trinajstić information content (AvgIpc) is 2.80. The molecule has 1 aromatic heterocycles. The van der Waals surface area contributed by atoms with Crippen LogP contribution in [0.4, 0.5) is 5.13 Å². The number of thiazole rings is 1. The van der Waals surface area contributed by atoms with Crippen molar-refractivity contribution in [3.05, 3.63) is 46.5 Å². The largest absolute Gasteiger partial charge is 0.375 e. The number of aromatic nitrogens is 1. The van der Waals surface area contributed by atoms with Gasteiger partial charge in [-0.25, -0.2) is 4.98 Å². The van der Waals surface area contributed by atoms with Crippen molar-refractivity contribution in [3.8, 4) is 0 Å². The minimum Gasteiger partial charge on any atom is -0.375 e. The van der Waals surface area contributed by atoms with Crippen molar-refractivity contribution >= 4 is 34.8 Å². The third kappa shape index (κ3) is 4.69. The highest BCUT2D eigenvalue weighted by atomic mass is 35.5. The third-order valence-electron chi connectivity index (χ3n) is 4.09. The van der Waals surface area contributed by atoms with Gasteiger partial charge in [-0.2, -0.15) is 0 Å². The maximum Gasteiger partial charge on any atom is 0.253 e. The van der Waals surface area contributed by atoms with Gasteiger partial charge in [0.1, 0.15) is 0 Å². The SMILES string of the molecule is Cc1cccc(C(=O)N2CCCN(Cc3cnc(N)s3)CC2)c1.Cl. The summed E-state index contributed by atoms with van der Waals surface area (Å²) < 4.78 is 0. The van der Waals surface area contributed by atoms with Crippen LogP contribution in [0, 0.1) is 6.92 Å². The number of hydrogen-bond acceptors (Lipinski definition) is 5. The molecule has 1 aliphatic rings. The molecule has 1 aromatic carbocycles. The topological polar surface area (TPSA) is 62.5 Å². The zero-order valence-electron chi connectivity index (χ0n) is 13.8. The highest BCUT2D eigenvalue weighted by Gasteiger charge is 2.20. The molecule has 1 aliphatic heterocycles. The first-order valence-corrected chi connectivity index (χ1v) is 8.72. The molecule has 0 bridgehead atoms. The van der Waals surface area contributed by atoms with E-state index in [9.17, 15) is 4.79 Å². The van der Waals surface area contributed by atoms with E-state index in [2.05, 4.69) is 9.88 Å². The smallest absolute Gasteiger partial charge is 0.253 e. The van der Waals surface area contributed by atoms with Crippen molar-refractivity contribution in [2.75, 3.05) is 31.9 Å². The predicted octanol–water partition coefficient (Wildman–Crippen LogP) is 2.80. The average molecular weight is 367 g/mol. The van der Waals surface area contributed by atoms with E-state index in [4.69, 9.17) is 5.73 Å². The summed E-state index contributed by atoms with van der Waals surface area (Å²) in [6, 6.07) is 7.83. The lowest BCUT2D eigenvalue weighted by molar-refractivity contribution is 0.0761. The fraction of sp³-hybridized carbons (Fsp3) is 0.412. The first-order valence-electron chi connectivity index (χ1n) is 7.90. The second-order valence-electron chi connectivity index (χ2n) is 5.96. The molecule has 2 heterocycles. The lowest BCUT2D eigenvalue weighted by Crippen LogP contribution is -2.35. The number of anilines is 1. The quantitative estimate of drug-likeness (QED) is 0.907. The van der Waals surface area contributed by atoms with Crippen molar-refractivity contribution in [1.82, 2.24) is 14.8 Å². The molecule has 130 valence electrons. The van der Waals surface area contributed by atoms with E-state index in [1.54, 1.807) is 0 Å². The predicted molar refractivity (Wildman–Crippen MR) is 101 cm³/mol. The van der Waals surface area contributed by atoms with Crippen LogP contribution < -0.4 is 5.73 Å². The lowest BCUT2D eigenvalue weighted by atomic mass is 10.1. The van der Waals surface area contributed by atoms with E-state index in [0.717, 1.165) is 50.3 Å². The highest BCUT2D eigenvalue weighted by Crippen LogP contribution is 2.18. The molecule has 0 radical (unpaired) electrons. The van der Waals surface area contributed by atoms with E-state index < -0.39 is 0 Å². The minimum absolute atomic E-state index is 0. The number of rotatable bonds is 3. The minimum atomic E-state index is 0. The van der Waals surface area contributed by atoms with Crippen LogP contribution in [0.2, 0.25) is 0 Å². The number of carbonyl (C=O) groups is 1. The number of nitrogens with zero attached hydrogens (tertiary/aromatic N) is 3. The molecule has 1 saturated heterocycles. The van der Waals surface area contributed by atoms with Crippen LogP contribution in [-0.4, -0.2) is 46.9 Å². The number of nitrogens with two attached hydrogens (primary N) is 1. The highest BCUT2D eigenvalue weighted by molar-refractivity contribution is 7.15. The van der Waals surface area contributed by atoms with Gasteiger partial charge in [-0.05, 0) is 25.5 Å². The van der Waals surface area contributed by atoms with Crippen molar-refractivity contribution in [2.45, 2.75) is 19.9 Å². The van der Waals surface area contributed by atoms with Crippen LogP contribution in [0.3, 0.4) is 0 Å². The van der Waals surface area contributed by atoms with Crippen LogP contribution in [0.25, 0.3) is 0 Å². The Hall–Kier alpha value is -1.63. The summed E-state index contributed by atoms with van der Waals surface area (Å²) in [5.74, 6) is 0.137. The molecule has 0 spiro atoms. The van der Waals surface area contributed by atoms with E-state index in [1.165, 1.54) is 16.2 Å². The Labute approximate surface area is 152 Å². The molecule has 0 saturated carbocycles. The van der Waals surface area contributed by atoms with Gasteiger partial charge in [0.2, 0.25) is 0 Å². The number of halogens is 1. The molecule has 0 unspecified atom stereocenters. The molecule has 2 aromatic rings. The normalized spacial score (nSPS) is 15.6. The van der Waals surface area contributed by atoms with Gasteiger partial charge >= 0.3 is 0 Å². The van der Waals surface area contributed by atoms with E-state index in [1.807, 2.05) is 42.3 Å². The molecule has 5 nitrogen and oxygen atoms in total. The summed E-state index contributed by atoms with van der Waals surface area (Å²) in [5.41, 5.74) is 7.60. The zero-order valence-corrected chi connectivity index (χ0v) is 15.4. The van der Waals surface area contributed by atoms with Crippen LogP contribution >= 0.6 is 23.7 Å². The Morgan fingerprint density at radius 3 is 2.83 bits per heavy atom. The lowest BCUT2D eigenvalue weighted by Gasteiger charge is -2.21. The molecule has 3 rings (SSSR count). The molecule has 24 heavy (non-hydrogen) atoms. The summed E-state index contributed by atoms with van der Waals surface area (Å²) in [6.07, 6.45) is 2.84. The number of carbonyl (C=O) groups excluding carboxylic acids is 1. The number of hydrogen-bond donors (Lipinski definition) is 1. The fourth-order valence-electron chi connectivity index (χ4n) is 2.91. The zero-order chi connectivity index (χ0) is 16.2. The number of amides is 1. The number of benzene rings is 1. The fourth-order valence-corrected chi connectivity index (χ4v) is 3.64. The second kappa shape index (κ2) is 8.46. The molecule has 1 fully saturated rings. The van der Waals surface area contributed by atoms with Gasteiger partial charge in [-0.15, -0.1) is 23.7 Å². The maximum absolute atomic E-state index is 12.7. The van der Waals surface area contributed by atoms with Crippen LogP contribution in [-0.2, 0) is 6.54 Å². The summed E-state index contributed by atoms with van der Waals surface area (Å²) >= 11 is 1.54. The van der Waals surface area contributed by atoms with Crippen LogP contribution in [0.15, 0.2) is 30.5 Å². The number of aryl methyl sites for hydroxylation is 1. The third-order valence-corrected chi connectivity index (χ3v) is 4.90. The molecule has 7 heteroatoms. The van der Waals surface area contributed by atoms with Gasteiger partial charge in [-0.3, -0.25) is 9.69 Å². The first kappa shape index (κ1) is 18.7. The summed E-state index contributed by atoms with van der Waals surface area (Å²) in [6.45, 7) is 6.34. The van der Waals surface area contributed by atoms with Crippen molar-refractivity contribution in [2.24, 2.45) is 0 Å². The molecular formula is C17H23ClN4OS. The van der Waals surface area contributed by atoms with Crippen molar-refractivity contribution in [3.63, 3.8) is 0 Å². The molecule has 0 aliphatic carbocycles. The second-order valence-corrected chi connectivity index (χ2v) is 7.10. The van der Waals surface area contributed by atoms with Gasteiger partial charge in [0.25, 0.3) is 5.91 Å². The number of nitrogen functional groups attached to an aromatic ring is 1. The standard InChI is InChI=1S/C17H22N4OS.ClH/c1-13-4-2-5-14(10-13)16(22)21-7-3-6-20(8-9-21)12-15-11-19-17(18)23-15;/h2,4-5,10-11H,3,6-9,12H2,1H3,(H2,18,19);1H. The summed E-state index contributed by atoms with van der Waals surface area (Å²) in [4.78, 5) is 22.3. The first-order chi connectivity index (χ1) is 11.1. The molecular weight excluding hydrogens is 344 g/mol. The Morgan fingerprint density at radius 2 is 2.12 bits per heavy atom. The van der Waals surface area contributed by atoms with E-state index >= 15 is 0 Å². The molecule has 0 atom stereocenters. The maximum atomic E-state index is 12.7. The van der Waals surface area contributed by atoms with Gasteiger partial charge < -0.3 is 10.6 Å². The van der Waals surface area contributed by atoms with Gasteiger partial charge in [0.05, 0.1) is 0 Å². The Kier molecular flexibility index (Phi) is 6.60. The Bertz CT molecular complexity index is 691. The van der Waals surface area contributed by atoms with Gasteiger partial charge in [0, 0.05) is 49.4 Å². The van der Waals surface area contributed by atoms with Gasteiger partial charge in [-0.1, -0.05) is 17.7 Å². The summed E-state index contributed by atoms with van der Waals surface area (Å²) in [7, 11) is 0. The van der Waals surface area contributed by atoms with Gasteiger partial charge in [0.15, 0.2) is 5.13 Å². The van der Waals surface area contributed by atoms with E-state index in [0.29, 0.717) is 5.13 Å². The van der Waals surface area contributed by atoms with Crippen molar-refractivity contribution in [1.29, 1.82) is 0 Å². The summed E-state index contributed by atoms with van der Waals surface area (Å²) in [5, 5.41) is 0.617. The van der Waals surface area contributed by atoms with E-state index in [-0.39, 0.29) is 18.3 Å². The Morgan fingerprint density at radius 1 is 1.29 bits per heavy atom. The Balaban J connectivity index is 0.00000208. The molecule has 2 N–H and O–H groups in total. The monoisotopic (exact) mass is 366 g/mol. The van der Waals surface area contributed by atoms with Crippen molar-refractivity contribution < 1.29 is 4.79 Å².